The summed E-state index contributed by atoms with van der Waals surface area (Å²) in [5.74, 6) is -0.0858. The monoisotopic (exact) mass is 378 g/mol. The molecule has 1 aromatic carbocycles. The van der Waals surface area contributed by atoms with Crippen LogP contribution in [0.1, 0.15) is 43.2 Å². The summed E-state index contributed by atoms with van der Waals surface area (Å²) < 4.78 is 25.5. The van der Waals surface area contributed by atoms with Crippen molar-refractivity contribution in [1.29, 1.82) is 0 Å². The zero-order valence-corrected chi connectivity index (χ0v) is 16.6. The first kappa shape index (κ1) is 20.6. The van der Waals surface area contributed by atoms with E-state index in [0.29, 0.717) is 26.1 Å². The van der Waals surface area contributed by atoms with Crippen LogP contribution in [0.15, 0.2) is 35.9 Å². The lowest BCUT2D eigenvalue weighted by atomic mass is 9.97. The van der Waals surface area contributed by atoms with Crippen LogP contribution in [-0.2, 0) is 21.2 Å². The SMILES string of the molecule is Cc1ccc(CC(=O)NCCN(CCC2=CCCCC2)S(C)(=O)=O)cc1. The Morgan fingerprint density at radius 3 is 2.50 bits per heavy atom. The fourth-order valence-corrected chi connectivity index (χ4v) is 3.96. The van der Waals surface area contributed by atoms with E-state index in [0.717, 1.165) is 30.4 Å². The van der Waals surface area contributed by atoms with Gasteiger partial charge in [-0.05, 0) is 44.6 Å². The summed E-state index contributed by atoms with van der Waals surface area (Å²) in [4.78, 5) is 12.0. The molecule has 0 radical (unpaired) electrons. The number of hydrogen-bond acceptors (Lipinski definition) is 3. The molecule has 0 bridgehead atoms. The average molecular weight is 379 g/mol. The highest BCUT2D eigenvalue weighted by Gasteiger charge is 2.17. The molecule has 26 heavy (non-hydrogen) atoms. The van der Waals surface area contributed by atoms with Crippen molar-refractivity contribution in [3.05, 3.63) is 47.0 Å². The van der Waals surface area contributed by atoms with E-state index in [1.54, 1.807) is 0 Å². The number of sulfonamides is 1. The number of aryl methyl sites for hydroxylation is 1. The van der Waals surface area contributed by atoms with Crippen LogP contribution in [0.2, 0.25) is 0 Å². The minimum absolute atomic E-state index is 0.0858. The molecular formula is C20H30N2O3S. The van der Waals surface area contributed by atoms with E-state index in [2.05, 4.69) is 11.4 Å². The van der Waals surface area contributed by atoms with Crippen molar-refractivity contribution in [2.45, 2.75) is 45.4 Å². The van der Waals surface area contributed by atoms with Crippen LogP contribution < -0.4 is 5.32 Å². The second-order valence-electron chi connectivity index (χ2n) is 7.03. The lowest BCUT2D eigenvalue weighted by Crippen LogP contribution is -2.39. The summed E-state index contributed by atoms with van der Waals surface area (Å²) in [5, 5.41) is 2.83. The molecule has 6 heteroatoms. The summed E-state index contributed by atoms with van der Waals surface area (Å²) in [6.07, 6.45) is 9.17. The Hall–Kier alpha value is -1.66. The van der Waals surface area contributed by atoms with Gasteiger partial charge in [0, 0.05) is 19.6 Å². The Morgan fingerprint density at radius 1 is 1.15 bits per heavy atom. The number of hydrogen-bond donors (Lipinski definition) is 1. The van der Waals surface area contributed by atoms with E-state index in [4.69, 9.17) is 0 Å². The zero-order chi connectivity index (χ0) is 19.0. The molecule has 2 rings (SSSR count). The van der Waals surface area contributed by atoms with Crippen molar-refractivity contribution in [3.8, 4) is 0 Å². The first-order chi connectivity index (χ1) is 12.3. The summed E-state index contributed by atoms with van der Waals surface area (Å²) in [7, 11) is -3.27. The molecule has 0 atom stereocenters. The number of rotatable bonds is 9. The Balaban J connectivity index is 1.78. The van der Waals surface area contributed by atoms with Crippen molar-refractivity contribution in [3.63, 3.8) is 0 Å². The van der Waals surface area contributed by atoms with Gasteiger partial charge < -0.3 is 5.32 Å². The van der Waals surface area contributed by atoms with E-state index in [9.17, 15) is 13.2 Å². The van der Waals surface area contributed by atoms with Gasteiger partial charge in [-0.2, -0.15) is 0 Å². The molecule has 0 aromatic heterocycles. The number of nitrogens with one attached hydrogen (secondary N) is 1. The fraction of sp³-hybridized carbons (Fsp3) is 0.550. The minimum atomic E-state index is -3.27. The zero-order valence-electron chi connectivity index (χ0n) is 15.8. The molecule has 1 aliphatic carbocycles. The Bertz CT molecular complexity index is 724. The van der Waals surface area contributed by atoms with Gasteiger partial charge in [0.2, 0.25) is 15.9 Å². The van der Waals surface area contributed by atoms with E-state index in [1.165, 1.54) is 29.0 Å². The third-order valence-corrected chi connectivity index (χ3v) is 6.01. The van der Waals surface area contributed by atoms with Gasteiger partial charge >= 0.3 is 0 Å². The summed E-state index contributed by atoms with van der Waals surface area (Å²) in [6, 6.07) is 7.84. The summed E-state index contributed by atoms with van der Waals surface area (Å²) in [5.41, 5.74) is 3.47. The van der Waals surface area contributed by atoms with Crippen molar-refractivity contribution in [1.82, 2.24) is 9.62 Å². The van der Waals surface area contributed by atoms with E-state index < -0.39 is 10.0 Å². The Morgan fingerprint density at radius 2 is 1.88 bits per heavy atom. The van der Waals surface area contributed by atoms with Gasteiger partial charge in [-0.15, -0.1) is 0 Å². The van der Waals surface area contributed by atoms with Gasteiger partial charge in [0.15, 0.2) is 0 Å². The van der Waals surface area contributed by atoms with Crippen LogP contribution in [0.5, 0.6) is 0 Å². The smallest absolute Gasteiger partial charge is 0.224 e. The summed E-state index contributed by atoms with van der Waals surface area (Å²) >= 11 is 0. The van der Waals surface area contributed by atoms with Gasteiger partial charge in [0.05, 0.1) is 12.7 Å². The topological polar surface area (TPSA) is 66.5 Å². The van der Waals surface area contributed by atoms with Gasteiger partial charge in [0.25, 0.3) is 0 Å². The molecule has 5 nitrogen and oxygen atoms in total. The van der Waals surface area contributed by atoms with Crippen LogP contribution in [0, 0.1) is 6.92 Å². The van der Waals surface area contributed by atoms with E-state index >= 15 is 0 Å². The van der Waals surface area contributed by atoms with Crippen LogP contribution in [0.4, 0.5) is 0 Å². The molecule has 144 valence electrons. The molecular weight excluding hydrogens is 348 g/mol. The van der Waals surface area contributed by atoms with Gasteiger partial charge in [-0.1, -0.05) is 41.5 Å². The number of nitrogens with zero attached hydrogens (tertiary/aromatic N) is 1. The van der Waals surface area contributed by atoms with Gasteiger partial charge in [-0.3, -0.25) is 4.79 Å². The lowest BCUT2D eigenvalue weighted by molar-refractivity contribution is -0.120. The van der Waals surface area contributed by atoms with Crippen LogP contribution in [0.3, 0.4) is 0 Å². The predicted molar refractivity (Wildman–Crippen MR) is 105 cm³/mol. The minimum Gasteiger partial charge on any atom is -0.354 e. The maximum atomic E-state index is 12.0. The average Bonchev–Trinajstić information content (AvgIpc) is 2.59. The molecule has 0 saturated carbocycles. The number of carbonyl (C=O) groups excluding carboxylic acids is 1. The molecule has 1 aromatic rings. The molecule has 0 heterocycles. The van der Waals surface area contributed by atoms with Crippen LogP contribution in [0.25, 0.3) is 0 Å². The number of amides is 1. The van der Waals surface area contributed by atoms with Crippen molar-refractivity contribution >= 4 is 15.9 Å². The highest BCUT2D eigenvalue weighted by molar-refractivity contribution is 7.88. The predicted octanol–water partition coefficient (Wildman–Crippen LogP) is 2.81. The van der Waals surface area contributed by atoms with Gasteiger partial charge in [-0.25, -0.2) is 12.7 Å². The molecule has 0 aliphatic heterocycles. The molecule has 1 amide bonds. The molecule has 1 aliphatic rings. The third-order valence-electron chi connectivity index (χ3n) is 4.71. The fourth-order valence-electron chi connectivity index (χ4n) is 3.12. The third kappa shape index (κ3) is 7.30. The molecule has 0 fully saturated rings. The first-order valence-corrected chi connectivity index (χ1v) is 11.1. The lowest BCUT2D eigenvalue weighted by Gasteiger charge is -2.22. The van der Waals surface area contributed by atoms with E-state index in [-0.39, 0.29) is 5.91 Å². The normalized spacial score (nSPS) is 15.0. The Labute approximate surface area is 157 Å². The molecule has 0 saturated heterocycles. The van der Waals surface area contributed by atoms with Crippen molar-refractivity contribution < 1.29 is 13.2 Å². The maximum absolute atomic E-state index is 12.0. The number of carbonyl (C=O) groups is 1. The molecule has 0 unspecified atom stereocenters. The van der Waals surface area contributed by atoms with Gasteiger partial charge in [0.1, 0.15) is 0 Å². The second kappa shape index (κ2) is 9.88. The summed E-state index contributed by atoms with van der Waals surface area (Å²) in [6.45, 7) is 3.13. The van der Waals surface area contributed by atoms with Crippen LogP contribution in [-0.4, -0.2) is 44.5 Å². The molecule has 1 N–H and O–H groups in total. The van der Waals surface area contributed by atoms with Crippen molar-refractivity contribution in [2.24, 2.45) is 0 Å². The standard InChI is InChI=1S/C20H30N2O3S/c1-17-8-10-19(11-9-17)16-20(23)21-13-15-22(26(2,24)25)14-12-18-6-4-3-5-7-18/h6,8-11H,3-5,7,12-16H2,1-2H3,(H,21,23). The largest absolute Gasteiger partial charge is 0.354 e. The number of allylic oxidation sites excluding steroid dienone is 1. The van der Waals surface area contributed by atoms with Crippen LogP contribution >= 0.6 is 0 Å². The highest BCUT2D eigenvalue weighted by atomic mass is 32.2. The second-order valence-corrected chi connectivity index (χ2v) is 9.01. The molecule has 0 spiro atoms. The van der Waals surface area contributed by atoms with E-state index in [1.807, 2.05) is 31.2 Å². The number of benzene rings is 1. The maximum Gasteiger partial charge on any atom is 0.224 e. The first-order valence-electron chi connectivity index (χ1n) is 9.30. The Kier molecular flexibility index (Phi) is 7.85. The highest BCUT2D eigenvalue weighted by Crippen LogP contribution is 2.20. The van der Waals surface area contributed by atoms with Crippen molar-refractivity contribution in [2.75, 3.05) is 25.9 Å². The quantitative estimate of drug-likeness (QED) is 0.672.